The number of carbonyl (C=O) groups is 1. The molecule has 3 aromatic rings. The van der Waals surface area contributed by atoms with Crippen molar-refractivity contribution in [2.45, 2.75) is 37.1 Å². The number of nitrogens with one attached hydrogen (secondary N) is 2. The Morgan fingerprint density at radius 1 is 1.03 bits per heavy atom. The Hall–Kier alpha value is -3.91. The summed E-state index contributed by atoms with van der Waals surface area (Å²) in [7, 11) is 0. The van der Waals surface area contributed by atoms with E-state index in [9.17, 15) is 13.6 Å². The number of amides is 1. The van der Waals surface area contributed by atoms with Crippen LogP contribution in [0.25, 0.3) is 6.08 Å². The minimum absolute atomic E-state index is 0.0363. The number of alkyl halides is 2. The number of hydrogen-bond donors (Lipinski definition) is 3. The van der Waals surface area contributed by atoms with Gasteiger partial charge in [0.1, 0.15) is 5.82 Å². The maximum Gasteiger partial charge on any atom is 0.586 e. The SMILES string of the molecule is NCc1cccc(C2NC(NC(=O)C3(c4ccc5c(c4)OC(F)(F)O5)CC3)=Cc3ccccc32)c1. The lowest BCUT2D eigenvalue weighted by molar-refractivity contribution is -0.286. The van der Waals surface area contributed by atoms with Crippen LogP contribution in [0.2, 0.25) is 0 Å². The average molecular weight is 475 g/mol. The summed E-state index contributed by atoms with van der Waals surface area (Å²) in [6.07, 6.45) is -0.561. The van der Waals surface area contributed by atoms with Crippen molar-refractivity contribution in [2.75, 3.05) is 0 Å². The Morgan fingerprint density at radius 2 is 1.83 bits per heavy atom. The number of benzene rings is 3. The molecule has 178 valence electrons. The predicted octanol–water partition coefficient (Wildman–Crippen LogP) is 4.31. The molecule has 0 bridgehead atoms. The summed E-state index contributed by atoms with van der Waals surface area (Å²) in [5.41, 5.74) is 9.83. The molecule has 0 saturated heterocycles. The predicted molar refractivity (Wildman–Crippen MR) is 125 cm³/mol. The van der Waals surface area contributed by atoms with Crippen LogP contribution in [0.4, 0.5) is 8.78 Å². The molecule has 1 unspecified atom stereocenters. The third kappa shape index (κ3) is 3.80. The first-order valence-corrected chi connectivity index (χ1v) is 11.4. The monoisotopic (exact) mass is 475 g/mol. The van der Waals surface area contributed by atoms with Crippen molar-refractivity contribution in [3.05, 3.63) is 100 Å². The van der Waals surface area contributed by atoms with Crippen molar-refractivity contribution in [3.8, 4) is 11.5 Å². The average Bonchev–Trinajstić information content (AvgIpc) is 3.60. The molecule has 2 aliphatic heterocycles. The van der Waals surface area contributed by atoms with Crippen molar-refractivity contribution in [3.63, 3.8) is 0 Å². The molecular formula is C27H23F2N3O3. The molecule has 1 aliphatic carbocycles. The van der Waals surface area contributed by atoms with Gasteiger partial charge in [0.25, 0.3) is 0 Å². The van der Waals surface area contributed by atoms with E-state index in [0.29, 0.717) is 30.8 Å². The quantitative estimate of drug-likeness (QED) is 0.512. The van der Waals surface area contributed by atoms with E-state index in [1.807, 2.05) is 42.5 Å². The number of carbonyl (C=O) groups excluding carboxylic acids is 1. The summed E-state index contributed by atoms with van der Waals surface area (Å²) in [5.74, 6) is 0.284. The molecule has 3 aliphatic rings. The van der Waals surface area contributed by atoms with Crippen LogP contribution >= 0.6 is 0 Å². The number of fused-ring (bicyclic) bond motifs is 2. The molecular weight excluding hydrogens is 452 g/mol. The summed E-state index contributed by atoms with van der Waals surface area (Å²) in [6.45, 7) is 0.436. The maximum absolute atomic E-state index is 13.5. The van der Waals surface area contributed by atoms with Crippen LogP contribution in [0.5, 0.6) is 11.5 Å². The van der Waals surface area contributed by atoms with Crippen LogP contribution in [0.3, 0.4) is 0 Å². The van der Waals surface area contributed by atoms with E-state index in [-0.39, 0.29) is 23.4 Å². The van der Waals surface area contributed by atoms with Crippen LogP contribution in [0.1, 0.15) is 46.7 Å². The lowest BCUT2D eigenvalue weighted by Crippen LogP contribution is -2.41. The van der Waals surface area contributed by atoms with Crippen LogP contribution in [0, 0.1) is 0 Å². The van der Waals surface area contributed by atoms with Gasteiger partial charge in [-0.15, -0.1) is 8.78 Å². The van der Waals surface area contributed by atoms with E-state index in [2.05, 4.69) is 32.2 Å². The van der Waals surface area contributed by atoms with E-state index in [0.717, 1.165) is 22.3 Å². The van der Waals surface area contributed by atoms with E-state index in [1.165, 1.54) is 12.1 Å². The van der Waals surface area contributed by atoms with Gasteiger partial charge in [0.2, 0.25) is 5.91 Å². The Morgan fingerprint density at radius 3 is 2.63 bits per heavy atom. The second-order valence-corrected chi connectivity index (χ2v) is 9.08. The van der Waals surface area contributed by atoms with Gasteiger partial charge in [-0.3, -0.25) is 4.79 Å². The highest BCUT2D eigenvalue weighted by Gasteiger charge is 2.53. The normalized spacial score (nSPS) is 20.3. The van der Waals surface area contributed by atoms with E-state index < -0.39 is 11.7 Å². The highest BCUT2D eigenvalue weighted by atomic mass is 19.3. The molecule has 6 rings (SSSR count). The standard InChI is InChI=1S/C27H23F2N3O3/c28-27(29)34-21-9-8-19(14-22(21)35-27)26(10-11-26)25(33)32-23-13-17-5-1-2-7-20(17)24(31-23)18-6-3-4-16(12-18)15-30/h1-9,12-14,24,31H,10-11,15,30H2,(H,32,33). The fourth-order valence-corrected chi connectivity index (χ4v) is 4.83. The van der Waals surface area contributed by atoms with Gasteiger partial charge in [-0.25, -0.2) is 0 Å². The van der Waals surface area contributed by atoms with Gasteiger partial charge in [-0.1, -0.05) is 54.6 Å². The van der Waals surface area contributed by atoms with Gasteiger partial charge < -0.3 is 25.8 Å². The molecule has 2 heterocycles. The second-order valence-electron chi connectivity index (χ2n) is 9.08. The number of nitrogens with two attached hydrogens (primary N) is 1. The Bertz CT molecular complexity index is 1370. The van der Waals surface area contributed by atoms with Crippen LogP contribution in [-0.4, -0.2) is 12.2 Å². The number of hydrogen-bond acceptors (Lipinski definition) is 5. The fraction of sp³-hybridized carbons (Fsp3) is 0.222. The highest BCUT2D eigenvalue weighted by Crippen LogP contribution is 2.52. The third-order valence-electron chi connectivity index (χ3n) is 6.81. The molecule has 1 fully saturated rings. The maximum atomic E-state index is 13.5. The molecule has 1 saturated carbocycles. The Kier molecular flexibility index (Phi) is 4.82. The van der Waals surface area contributed by atoms with Crippen molar-refractivity contribution < 1.29 is 23.0 Å². The molecule has 35 heavy (non-hydrogen) atoms. The zero-order valence-corrected chi connectivity index (χ0v) is 18.7. The Labute approximate surface area is 200 Å². The van der Waals surface area contributed by atoms with Crippen LogP contribution in [0.15, 0.2) is 72.6 Å². The smallest absolute Gasteiger partial charge is 0.395 e. The molecule has 3 aromatic carbocycles. The van der Waals surface area contributed by atoms with Crippen molar-refractivity contribution in [1.29, 1.82) is 0 Å². The Balaban J connectivity index is 1.28. The lowest BCUT2D eigenvalue weighted by atomic mass is 9.90. The summed E-state index contributed by atoms with van der Waals surface area (Å²) >= 11 is 0. The largest absolute Gasteiger partial charge is 0.586 e. The molecule has 4 N–H and O–H groups in total. The fourth-order valence-electron chi connectivity index (χ4n) is 4.83. The number of rotatable bonds is 5. The van der Waals surface area contributed by atoms with Gasteiger partial charge in [-0.05, 0) is 58.9 Å². The van der Waals surface area contributed by atoms with Crippen molar-refractivity contribution >= 4 is 12.0 Å². The van der Waals surface area contributed by atoms with Gasteiger partial charge in [0.15, 0.2) is 11.5 Å². The summed E-state index contributed by atoms with van der Waals surface area (Å²) < 4.78 is 36.0. The molecule has 6 nitrogen and oxygen atoms in total. The summed E-state index contributed by atoms with van der Waals surface area (Å²) in [4.78, 5) is 13.5. The van der Waals surface area contributed by atoms with E-state index in [4.69, 9.17) is 5.73 Å². The van der Waals surface area contributed by atoms with E-state index >= 15 is 0 Å². The minimum Gasteiger partial charge on any atom is -0.395 e. The topological polar surface area (TPSA) is 85.6 Å². The van der Waals surface area contributed by atoms with Gasteiger partial charge in [0, 0.05) is 6.54 Å². The van der Waals surface area contributed by atoms with Crippen LogP contribution < -0.4 is 25.8 Å². The summed E-state index contributed by atoms with van der Waals surface area (Å²) in [5, 5.41) is 6.50. The van der Waals surface area contributed by atoms with Crippen LogP contribution in [-0.2, 0) is 16.8 Å². The van der Waals surface area contributed by atoms with Crippen molar-refractivity contribution in [1.82, 2.24) is 10.6 Å². The minimum atomic E-state index is -3.69. The molecule has 1 atom stereocenters. The second kappa shape index (κ2) is 7.81. The molecule has 0 radical (unpaired) electrons. The van der Waals surface area contributed by atoms with Gasteiger partial charge >= 0.3 is 6.29 Å². The zero-order valence-electron chi connectivity index (χ0n) is 18.7. The first-order chi connectivity index (χ1) is 16.9. The first kappa shape index (κ1) is 21.6. The molecule has 1 amide bonds. The molecule has 0 spiro atoms. The molecule has 0 aromatic heterocycles. The van der Waals surface area contributed by atoms with Gasteiger partial charge in [-0.2, -0.15) is 0 Å². The zero-order chi connectivity index (χ0) is 24.2. The highest BCUT2D eigenvalue weighted by molar-refractivity contribution is 5.93. The first-order valence-electron chi connectivity index (χ1n) is 11.4. The summed E-state index contributed by atoms with van der Waals surface area (Å²) in [6, 6.07) is 20.4. The van der Waals surface area contributed by atoms with Crippen molar-refractivity contribution in [2.24, 2.45) is 5.73 Å². The van der Waals surface area contributed by atoms with Gasteiger partial charge in [0.05, 0.1) is 11.5 Å². The lowest BCUT2D eigenvalue weighted by Gasteiger charge is -2.30. The number of ether oxygens (including phenoxy) is 2. The third-order valence-corrected chi connectivity index (χ3v) is 6.81. The molecule has 8 heteroatoms. The van der Waals surface area contributed by atoms with E-state index in [1.54, 1.807) is 6.07 Å². The number of halogens is 2.